The van der Waals surface area contributed by atoms with Crippen LogP contribution in [0.1, 0.15) is 0 Å². The summed E-state index contributed by atoms with van der Waals surface area (Å²) in [4.78, 5) is -0.0795. The smallest absolute Gasteiger partial charge is 0.263 e. The van der Waals surface area contributed by atoms with E-state index in [0.717, 1.165) is 0 Å². The molecule has 100 valence electrons. The number of nitrogens with one attached hydrogen (secondary N) is 1. The molecule has 0 aliphatic carbocycles. The fourth-order valence-electron chi connectivity index (χ4n) is 1.50. The van der Waals surface area contributed by atoms with Gasteiger partial charge in [0.25, 0.3) is 10.0 Å². The third kappa shape index (κ3) is 3.12. The lowest BCUT2D eigenvalue weighted by atomic mass is 10.3. The lowest BCUT2D eigenvalue weighted by Crippen LogP contribution is -2.13. The van der Waals surface area contributed by atoms with Gasteiger partial charge in [0.2, 0.25) is 0 Å². The van der Waals surface area contributed by atoms with Crippen molar-refractivity contribution in [2.24, 2.45) is 0 Å². The number of halogens is 2. The SMILES string of the molecule is Nc1cccc(NS(=O)(=O)c2cccc(Cl)c2Cl)c1. The van der Waals surface area contributed by atoms with Gasteiger partial charge in [0.15, 0.2) is 0 Å². The maximum Gasteiger partial charge on any atom is 0.263 e. The Bertz CT molecular complexity index is 717. The van der Waals surface area contributed by atoms with Crippen LogP contribution in [0.25, 0.3) is 0 Å². The van der Waals surface area contributed by atoms with Gasteiger partial charge < -0.3 is 5.73 Å². The van der Waals surface area contributed by atoms with E-state index in [1.165, 1.54) is 24.3 Å². The molecule has 4 nitrogen and oxygen atoms in total. The number of benzene rings is 2. The summed E-state index contributed by atoms with van der Waals surface area (Å²) >= 11 is 11.7. The molecule has 0 bridgehead atoms. The van der Waals surface area contributed by atoms with Crippen molar-refractivity contribution in [2.45, 2.75) is 4.90 Å². The van der Waals surface area contributed by atoms with Gasteiger partial charge in [0, 0.05) is 5.69 Å². The van der Waals surface area contributed by atoms with E-state index in [-0.39, 0.29) is 14.9 Å². The summed E-state index contributed by atoms with van der Waals surface area (Å²) in [6.45, 7) is 0. The number of nitrogens with two attached hydrogens (primary N) is 1. The summed E-state index contributed by atoms with van der Waals surface area (Å²) in [7, 11) is -3.81. The van der Waals surface area contributed by atoms with Gasteiger partial charge >= 0.3 is 0 Å². The van der Waals surface area contributed by atoms with Crippen LogP contribution in [0, 0.1) is 0 Å². The largest absolute Gasteiger partial charge is 0.399 e. The van der Waals surface area contributed by atoms with E-state index in [4.69, 9.17) is 28.9 Å². The fourth-order valence-corrected chi connectivity index (χ4v) is 3.32. The topological polar surface area (TPSA) is 72.2 Å². The monoisotopic (exact) mass is 316 g/mol. The molecule has 0 aliphatic heterocycles. The fraction of sp³-hybridized carbons (Fsp3) is 0. The quantitative estimate of drug-likeness (QED) is 0.853. The van der Waals surface area contributed by atoms with Crippen molar-refractivity contribution in [1.29, 1.82) is 0 Å². The van der Waals surface area contributed by atoms with E-state index in [1.807, 2.05) is 0 Å². The van der Waals surface area contributed by atoms with Crippen LogP contribution in [0.5, 0.6) is 0 Å². The highest BCUT2D eigenvalue weighted by Gasteiger charge is 2.19. The van der Waals surface area contributed by atoms with Gasteiger partial charge in [-0.1, -0.05) is 35.3 Å². The van der Waals surface area contributed by atoms with Crippen molar-refractivity contribution in [3.05, 3.63) is 52.5 Å². The van der Waals surface area contributed by atoms with E-state index in [9.17, 15) is 8.42 Å². The van der Waals surface area contributed by atoms with Gasteiger partial charge in [-0.2, -0.15) is 0 Å². The van der Waals surface area contributed by atoms with Crippen LogP contribution in [-0.4, -0.2) is 8.42 Å². The van der Waals surface area contributed by atoms with Crippen LogP contribution in [0.15, 0.2) is 47.4 Å². The summed E-state index contributed by atoms with van der Waals surface area (Å²) in [5.41, 5.74) is 6.40. The molecule has 2 aromatic rings. The average Bonchev–Trinajstić information content (AvgIpc) is 2.32. The molecule has 0 heterocycles. The van der Waals surface area contributed by atoms with Crippen molar-refractivity contribution in [1.82, 2.24) is 0 Å². The first-order valence-corrected chi connectivity index (χ1v) is 7.46. The molecule has 0 saturated heterocycles. The van der Waals surface area contributed by atoms with Crippen molar-refractivity contribution in [3.63, 3.8) is 0 Å². The lowest BCUT2D eigenvalue weighted by molar-refractivity contribution is 0.601. The zero-order valence-electron chi connectivity index (χ0n) is 9.60. The molecule has 0 unspecified atom stereocenters. The van der Waals surface area contributed by atoms with Gasteiger partial charge in [-0.15, -0.1) is 0 Å². The first-order valence-electron chi connectivity index (χ1n) is 5.22. The van der Waals surface area contributed by atoms with Crippen molar-refractivity contribution < 1.29 is 8.42 Å². The second-order valence-electron chi connectivity index (χ2n) is 3.78. The van der Waals surface area contributed by atoms with Crippen molar-refractivity contribution >= 4 is 44.6 Å². The molecule has 0 amide bonds. The lowest BCUT2D eigenvalue weighted by Gasteiger charge is -2.10. The van der Waals surface area contributed by atoms with E-state index >= 15 is 0 Å². The Hall–Kier alpha value is -1.43. The zero-order chi connectivity index (χ0) is 14.0. The van der Waals surface area contributed by atoms with Crippen LogP contribution >= 0.6 is 23.2 Å². The number of nitrogen functional groups attached to an aromatic ring is 1. The molecule has 0 radical (unpaired) electrons. The van der Waals surface area contributed by atoms with Gasteiger partial charge in [-0.05, 0) is 30.3 Å². The molecule has 19 heavy (non-hydrogen) atoms. The predicted octanol–water partition coefficient (Wildman–Crippen LogP) is 3.38. The molecule has 0 spiro atoms. The van der Waals surface area contributed by atoms with E-state index in [2.05, 4.69) is 4.72 Å². The van der Waals surface area contributed by atoms with Crippen LogP contribution in [-0.2, 0) is 10.0 Å². The predicted molar refractivity (Wildman–Crippen MR) is 78.1 cm³/mol. The van der Waals surface area contributed by atoms with Crippen LogP contribution in [0.3, 0.4) is 0 Å². The number of hydrogen-bond acceptors (Lipinski definition) is 3. The Morgan fingerprint density at radius 3 is 2.42 bits per heavy atom. The highest BCUT2D eigenvalue weighted by atomic mass is 35.5. The third-order valence-electron chi connectivity index (χ3n) is 2.34. The number of sulfonamides is 1. The van der Waals surface area contributed by atoms with Crippen LogP contribution < -0.4 is 10.5 Å². The Balaban J connectivity index is 2.41. The normalized spacial score (nSPS) is 11.3. The second kappa shape index (κ2) is 5.28. The first-order chi connectivity index (χ1) is 8.90. The number of hydrogen-bond donors (Lipinski definition) is 2. The first kappa shape index (κ1) is 14.0. The summed E-state index contributed by atoms with van der Waals surface area (Å²) < 4.78 is 26.8. The molecule has 3 N–H and O–H groups in total. The maximum absolute atomic E-state index is 12.2. The maximum atomic E-state index is 12.2. The standard InChI is InChI=1S/C12H10Cl2N2O2S/c13-10-5-2-6-11(12(10)14)19(17,18)16-9-4-1-3-8(15)7-9/h1-7,16H,15H2. The minimum Gasteiger partial charge on any atom is -0.399 e. The van der Waals surface area contributed by atoms with Crippen molar-refractivity contribution in [2.75, 3.05) is 10.5 Å². The van der Waals surface area contributed by atoms with Crippen LogP contribution in [0.4, 0.5) is 11.4 Å². The Morgan fingerprint density at radius 1 is 1.05 bits per heavy atom. The summed E-state index contributed by atoms with van der Waals surface area (Å²) in [6.07, 6.45) is 0. The second-order valence-corrected chi connectivity index (χ2v) is 6.22. The molecule has 0 aromatic heterocycles. The van der Waals surface area contributed by atoms with Gasteiger partial charge in [-0.25, -0.2) is 8.42 Å². The third-order valence-corrected chi connectivity index (χ3v) is 4.70. The minimum absolute atomic E-state index is 0.0134. The summed E-state index contributed by atoms with van der Waals surface area (Å²) in [5, 5.41) is 0.165. The van der Waals surface area contributed by atoms with E-state index < -0.39 is 10.0 Å². The van der Waals surface area contributed by atoms with E-state index in [1.54, 1.807) is 18.2 Å². The number of rotatable bonds is 3. The summed E-state index contributed by atoms with van der Waals surface area (Å²) in [5.74, 6) is 0. The molecule has 0 fully saturated rings. The highest BCUT2D eigenvalue weighted by Crippen LogP contribution is 2.30. The Morgan fingerprint density at radius 2 is 1.74 bits per heavy atom. The summed E-state index contributed by atoms with van der Waals surface area (Å²) in [6, 6.07) is 10.8. The van der Waals surface area contributed by atoms with Gasteiger partial charge in [-0.3, -0.25) is 4.72 Å². The molecular weight excluding hydrogens is 307 g/mol. The molecule has 0 saturated carbocycles. The molecule has 0 aliphatic rings. The van der Waals surface area contributed by atoms with Gasteiger partial charge in [0.05, 0.1) is 15.7 Å². The molecule has 0 atom stereocenters. The van der Waals surface area contributed by atoms with Crippen LogP contribution in [0.2, 0.25) is 10.0 Å². The Labute approximate surface area is 121 Å². The Kier molecular flexibility index (Phi) is 3.89. The average molecular weight is 317 g/mol. The molecule has 2 aromatic carbocycles. The number of anilines is 2. The zero-order valence-corrected chi connectivity index (χ0v) is 11.9. The van der Waals surface area contributed by atoms with Gasteiger partial charge in [0.1, 0.15) is 4.90 Å². The highest BCUT2D eigenvalue weighted by molar-refractivity contribution is 7.92. The molecule has 2 rings (SSSR count). The minimum atomic E-state index is -3.81. The molecule has 7 heteroatoms. The van der Waals surface area contributed by atoms with Crippen molar-refractivity contribution in [3.8, 4) is 0 Å². The molecular formula is C12H10Cl2N2O2S. The van der Waals surface area contributed by atoms with E-state index in [0.29, 0.717) is 11.4 Å².